The van der Waals surface area contributed by atoms with Gasteiger partial charge in [0.05, 0.1) is 5.56 Å². The fraction of sp³-hybridized carbons (Fsp3) is 0.533. The molecule has 30 heavy (non-hydrogen) atoms. The van der Waals surface area contributed by atoms with E-state index in [1.807, 2.05) is 0 Å². The van der Waals surface area contributed by atoms with Crippen LogP contribution < -0.4 is 9.08 Å². The van der Waals surface area contributed by atoms with E-state index in [1.54, 1.807) is 13.8 Å². The summed E-state index contributed by atoms with van der Waals surface area (Å²) in [5, 5.41) is -7.02. The molecule has 0 unspecified atom stereocenters. The lowest BCUT2D eigenvalue weighted by Gasteiger charge is -2.32. The van der Waals surface area contributed by atoms with Crippen molar-refractivity contribution >= 4 is 22.1 Å². The molecular formula is C15H14F9NO4S. The molecule has 0 atom stereocenters. The van der Waals surface area contributed by atoms with Gasteiger partial charge >= 0.3 is 33.4 Å². The standard InChI is InChI=1S/C15H14F9NO4S/c1-3-25(4-2)10-6-5-9(8-26)11(7-10)29-30(27,28)15(23,24)13(18,19)12(16,17)14(20,21)22/h5-8H,3-4H2,1-2H3. The number of anilines is 1. The van der Waals surface area contributed by atoms with Crippen LogP contribution in [0.2, 0.25) is 0 Å². The van der Waals surface area contributed by atoms with E-state index < -0.39 is 44.7 Å². The first-order valence-corrected chi connectivity index (χ1v) is 9.30. The summed E-state index contributed by atoms with van der Waals surface area (Å²) >= 11 is 0. The quantitative estimate of drug-likeness (QED) is 0.300. The second-order valence-electron chi connectivity index (χ2n) is 5.71. The second kappa shape index (κ2) is 8.15. The Kier molecular flexibility index (Phi) is 7.02. The average molecular weight is 475 g/mol. The van der Waals surface area contributed by atoms with Crippen LogP contribution in [-0.4, -0.2) is 51.1 Å². The van der Waals surface area contributed by atoms with Gasteiger partial charge in [-0.15, -0.1) is 0 Å². The zero-order valence-electron chi connectivity index (χ0n) is 15.1. The Labute approximate surface area is 164 Å². The van der Waals surface area contributed by atoms with E-state index in [0.717, 1.165) is 6.07 Å². The number of carbonyl (C=O) groups is 1. The first-order valence-electron chi connectivity index (χ1n) is 7.89. The maximum absolute atomic E-state index is 13.8. The molecule has 0 aromatic heterocycles. The van der Waals surface area contributed by atoms with Crippen LogP contribution in [0.3, 0.4) is 0 Å². The normalized spacial score (nSPS) is 13.8. The molecule has 1 rings (SSSR count). The summed E-state index contributed by atoms with van der Waals surface area (Å²) in [7, 11) is -7.14. The van der Waals surface area contributed by atoms with Gasteiger partial charge in [0.1, 0.15) is 0 Å². The molecule has 0 saturated heterocycles. The van der Waals surface area contributed by atoms with Crippen LogP contribution in [0, 0.1) is 0 Å². The molecule has 0 radical (unpaired) electrons. The SMILES string of the molecule is CCN(CC)c1ccc(C=O)c(OS(=O)(=O)C(F)(F)C(F)(F)C(F)(F)C(F)(F)F)c1. The minimum atomic E-state index is -7.44. The molecular weight excluding hydrogens is 461 g/mol. The van der Waals surface area contributed by atoms with Crippen molar-refractivity contribution < 1.29 is 56.9 Å². The predicted octanol–water partition coefficient (Wildman–Crippen LogP) is 4.48. The van der Waals surface area contributed by atoms with Crippen LogP contribution in [0.5, 0.6) is 5.75 Å². The van der Waals surface area contributed by atoms with Gasteiger partial charge in [-0.25, -0.2) is 0 Å². The van der Waals surface area contributed by atoms with Gasteiger partial charge in [0.2, 0.25) is 0 Å². The predicted molar refractivity (Wildman–Crippen MR) is 85.8 cm³/mol. The average Bonchev–Trinajstić information content (AvgIpc) is 2.61. The summed E-state index contributed by atoms with van der Waals surface area (Å²) in [6, 6.07) is 2.72. The van der Waals surface area contributed by atoms with Crippen LogP contribution in [0.15, 0.2) is 18.2 Å². The molecule has 1 aromatic rings. The lowest BCUT2D eigenvalue weighted by Crippen LogP contribution is -2.63. The summed E-state index contributed by atoms with van der Waals surface area (Å²) < 4.78 is 144. The fourth-order valence-electron chi connectivity index (χ4n) is 2.17. The number of rotatable bonds is 9. The number of halogens is 9. The smallest absolute Gasteiger partial charge is 0.377 e. The number of nitrogens with zero attached hydrogens (tertiary/aromatic N) is 1. The van der Waals surface area contributed by atoms with E-state index in [4.69, 9.17) is 0 Å². The van der Waals surface area contributed by atoms with Crippen molar-refractivity contribution in [3.05, 3.63) is 23.8 Å². The van der Waals surface area contributed by atoms with Gasteiger partial charge in [-0.05, 0) is 26.0 Å². The molecule has 5 nitrogen and oxygen atoms in total. The highest BCUT2D eigenvalue weighted by Gasteiger charge is 2.86. The Bertz CT molecular complexity index is 881. The van der Waals surface area contributed by atoms with E-state index >= 15 is 0 Å². The molecule has 0 spiro atoms. The number of hydrogen-bond acceptors (Lipinski definition) is 5. The molecule has 0 aliphatic rings. The van der Waals surface area contributed by atoms with E-state index in [-0.39, 0.29) is 25.1 Å². The van der Waals surface area contributed by atoms with Gasteiger partial charge in [-0.2, -0.15) is 47.9 Å². The highest BCUT2D eigenvalue weighted by atomic mass is 32.2. The number of aldehydes is 1. The van der Waals surface area contributed by atoms with Crippen molar-refractivity contribution in [3.63, 3.8) is 0 Å². The molecule has 0 saturated carbocycles. The lowest BCUT2D eigenvalue weighted by atomic mass is 10.1. The summed E-state index contributed by atoms with van der Waals surface area (Å²) in [5.74, 6) is -16.1. The van der Waals surface area contributed by atoms with Crippen LogP contribution in [0.4, 0.5) is 45.2 Å². The molecule has 0 aliphatic heterocycles. The van der Waals surface area contributed by atoms with Gasteiger partial charge in [0.15, 0.2) is 12.0 Å². The molecule has 1 aromatic carbocycles. The second-order valence-corrected chi connectivity index (χ2v) is 7.30. The van der Waals surface area contributed by atoms with Crippen molar-refractivity contribution in [3.8, 4) is 5.75 Å². The highest BCUT2D eigenvalue weighted by Crippen LogP contribution is 2.55. The van der Waals surface area contributed by atoms with Gasteiger partial charge in [0, 0.05) is 24.8 Å². The number of benzene rings is 1. The van der Waals surface area contributed by atoms with E-state index in [2.05, 4.69) is 4.18 Å². The molecule has 172 valence electrons. The summed E-state index contributed by atoms with van der Waals surface area (Å²) in [6.45, 7) is 3.77. The first-order chi connectivity index (χ1) is 13.4. The Morgan fingerprint density at radius 3 is 1.83 bits per heavy atom. The molecule has 15 heteroatoms. The van der Waals surface area contributed by atoms with Crippen molar-refractivity contribution in [2.45, 2.75) is 37.1 Å². The largest absolute Gasteiger partial charge is 0.460 e. The van der Waals surface area contributed by atoms with Crippen molar-refractivity contribution in [1.29, 1.82) is 0 Å². The van der Waals surface area contributed by atoms with Gasteiger partial charge in [-0.3, -0.25) is 4.79 Å². The Morgan fingerprint density at radius 1 is 0.933 bits per heavy atom. The number of alkyl halides is 9. The van der Waals surface area contributed by atoms with Crippen LogP contribution >= 0.6 is 0 Å². The Balaban J connectivity index is 3.52. The van der Waals surface area contributed by atoms with Gasteiger partial charge < -0.3 is 9.08 Å². The summed E-state index contributed by atoms with van der Waals surface area (Å²) in [6.07, 6.45) is -7.33. The molecule has 0 N–H and O–H groups in total. The summed E-state index contributed by atoms with van der Waals surface area (Å²) in [4.78, 5) is 12.4. The topological polar surface area (TPSA) is 63.7 Å². The van der Waals surface area contributed by atoms with E-state index in [0.29, 0.717) is 6.07 Å². The van der Waals surface area contributed by atoms with Crippen LogP contribution in [0.1, 0.15) is 24.2 Å². The monoisotopic (exact) mass is 475 g/mol. The minimum absolute atomic E-state index is 0.0616. The third-order valence-electron chi connectivity index (χ3n) is 3.88. The van der Waals surface area contributed by atoms with Crippen LogP contribution in [0.25, 0.3) is 0 Å². The lowest BCUT2D eigenvalue weighted by molar-refractivity contribution is -0.382. The third-order valence-corrected chi connectivity index (χ3v) is 5.17. The van der Waals surface area contributed by atoms with E-state index in [9.17, 15) is 52.7 Å². The summed E-state index contributed by atoms with van der Waals surface area (Å²) in [5.41, 5.74) is -0.706. The Hall–Kier alpha value is -2.19. The molecule has 0 aliphatic carbocycles. The highest BCUT2D eigenvalue weighted by molar-refractivity contribution is 7.88. The van der Waals surface area contributed by atoms with Gasteiger partial charge in [-0.1, -0.05) is 0 Å². The van der Waals surface area contributed by atoms with Gasteiger partial charge in [0.25, 0.3) is 0 Å². The van der Waals surface area contributed by atoms with Crippen molar-refractivity contribution in [1.82, 2.24) is 0 Å². The maximum Gasteiger partial charge on any atom is 0.460 e. The van der Waals surface area contributed by atoms with Crippen LogP contribution in [-0.2, 0) is 10.1 Å². The third kappa shape index (κ3) is 4.16. The zero-order chi connectivity index (χ0) is 23.8. The molecule has 0 amide bonds. The molecule has 0 heterocycles. The first kappa shape index (κ1) is 25.8. The molecule has 0 bridgehead atoms. The fourth-order valence-corrected chi connectivity index (χ4v) is 3.09. The minimum Gasteiger partial charge on any atom is -0.377 e. The number of carbonyl (C=O) groups excluding carboxylic acids is 1. The maximum atomic E-state index is 13.8. The van der Waals surface area contributed by atoms with Crippen molar-refractivity contribution in [2.75, 3.05) is 18.0 Å². The Morgan fingerprint density at radius 2 is 1.43 bits per heavy atom. The molecule has 0 fully saturated rings. The zero-order valence-corrected chi connectivity index (χ0v) is 15.9. The van der Waals surface area contributed by atoms with E-state index in [1.165, 1.54) is 11.0 Å². The van der Waals surface area contributed by atoms with Crippen molar-refractivity contribution in [2.24, 2.45) is 0 Å². The number of hydrogen-bond donors (Lipinski definition) is 0.